The van der Waals surface area contributed by atoms with Crippen LogP contribution in [0.15, 0.2) is 46.9 Å². The Hall–Kier alpha value is -2.27. The topological polar surface area (TPSA) is 36.9 Å². The number of nitrogens with zero attached hydrogens (tertiary/aromatic N) is 1. The summed E-state index contributed by atoms with van der Waals surface area (Å²) < 4.78 is 5.74. The van der Waals surface area contributed by atoms with E-state index in [1.807, 2.05) is 43.3 Å². The van der Waals surface area contributed by atoms with E-state index in [9.17, 15) is 0 Å². The molecule has 0 aliphatic rings. The number of rotatable bonds is 1. The first-order chi connectivity index (χ1) is 8.29. The van der Waals surface area contributed by atoms with Crippen LogP contribution < -0.4 is 0 Å². The highest BCUT2D eigenvalue weighted by Crippen LogP contribution is 2.30. The Bertz CT molecular complexity index is 733. The maximum atomic E-state index is 8.95. The molecule has 2 heteroatoms. The number of hydrogen-bond acceptors (Lipinski definition) is 2. The molecule has 0 amide bonds. The minimum Gasteiger partial charge on any atom is -0.456 e. The van der Waals surface area contributed by atoms with E-state index >= 15 is 0 Å². The molecule has 0 radical (unpaired) electrons. The number of para-hydroxylation sites is 1. The molecule has 82 valence electrons. The smallest absolute Gasteiger partial charge is 0.135 e. The molecule has 0 spiro atoms. The zero-order valence-corrected chi connectivity index (χ0v) is 9.47. The number of furan rings is 1. The van der Waals surface area contributed by atoms with Gasteiger partial charge in [0.2, 0.25) is 0 Å². The predicted octanol–water partition coefficient (Wildman–Crippen LogP) is 4.21. The van der Waals surface area contributed by atoms with E-state index in [1.54, 1.807) is 0 Å². The van der Waals surface area contributed by atoms with E-state index in [1.165, 1.54) is 0 Å². The van der Waals surface area contributed by atoms with Crippen molar-refractivity contribution in [3.05, 3.63) is 48.0 Å². The Morgan fingerprint density at radius 2 is 1.82 bits per heavy atom. The van der Waals surface area contributed by atoms with Gasteiger partial charge in [-0.15, -0.1) is 0 Å². The van der Waals surface area contributed by atoms with Crippen LogP contribution in [0.3, 0.4) is 0 Å². The Balaban J connectivity index is 2.34. The van der Waals surface area contributed by atoms with Crippen LogP contribution in [0.1, 0.15) is 18.4 Å². The molecule has 0 saturated carbocycles. The summed E-state index contributed by atoms with van der Waals surface area (Å²) in [6, 6.07) is 16.2. The van der Waals surface area contributed by atoms with E-state index < -0.39 is 0 Å². The fourth-order valence-electron chi connectivity index (χ4n) is 2.09. The minimum absolute atomic E-state index is 0.0898. The van der Waals surface area contributed by atoms with Gasteiger partial charge in [-0.1, -0.05) is 24.3 Å². The lowest BCUT2D eigenvalue weighted by Crippen LogP contribution is -1.87. The summed E-state index contributed by atoms with van der Waals surface area (Å²) in [4.78, 5) is 0. The van der Waals surface area contributed by atoms with Gasteiger partial charge >= 0.3 is 0 Å². The van der Waals surface area contributed by atoms with Crippen molar-refractivity contribution in [3.8, 4) is 6.07 Å². The minimum atomic E-state index is -0.0898. The van der Waals surface area contributed by atoms with E-state index in [2.05, 4.69) is 12.1 Å². The molecule has 0 aliphatic heterocycles. The van der Waals surface area contributed by atoms with Crippen molar-refractivity contribution < 1.29 is 4.42 Å². The van der Waals surface area contributed by atoms with Crippen LogP contribution >= 0.6 is 0 Å². The van der Waals surface area contributed by atoms with E-state index in [0.29, 0.717) is 0 Å². The summed E-state index contributed by atoms with van der Waals surface area (Å²) in [5.74, 6) is -0.0898. The molecule has 2 aromatic carbocycles. The van der Waals surface area contributed by atoms with Gasteiger partial charge < -0.3 is 4.42 Å². The van der Waals surface area contributed by atoms with Crippen molar-refractivity contribution >= 4 is 21.9 Å². The van der Waals surface area contributed by atoms with Gasteiger partial charge in [0.05, 0.1) is 12.0 Å². The van der Waals surface area contributed by atoms with Crippen molar-refractivity contribution in [2.24, 2.45) is 0 Å². The SMILES string of the molecule is CC(C#N)c1ccc2oc3ccccc3c2c1. The van der Waals surface area contributed by atoms with Crippen LogP contribution in [0.25, 0.3) is 21.9 Å². The Kier molecular flexibility index (Phi) is 2.12. The van der Waals surface area contributed by atoms with E-state index in [0.717, 1.165) is 27.5 Å². The fraction of sp³-hybridized carbons (Fsp3) is 0.133. The van der Waals surface area contributed by atoms with Crippen LogP contribution in [0.2, 0.25) is 0 Å². The molecular formula is C15H11NO. The van der Waals surface area contributed by atoms with Gasteiger partial charge in [-0.3, -0.25) is 0 Å². The zero-order valence-electron chi connectivity index (χ0n) is 9.47. The van der Waals surface area contributed by atoms with Crippen molar-refractivity contribution in [2.75, 3.05) is 0 Å². The second kappa shape index (κ2) is 3.64. The molecule has 0 aliphatic carbocycles. The number of benzene rings is 2. The van der Waals surface area contributed by atoms with Crippen LogP contribution in [0.4, 0.5) is 0 Å². The van der Waals surface area contributed by atoms with Crippen molar-refractivity contribution in [1.29, 1.82) is 5.26 Å². The quantitative estimate of drug-likeness (QED) is 0.617. The van der Waals surface area contributed by atoms with Gasteiger partial charge in [0, 0.05) is 10.8 Å². The Labute approximate surface area is 99.1 Å². The van der Waals surface area contributed by atoms with E-state index in [-0.39, 0.29) is 5.92 Å². The second-order valence-electron chi connectivity index (χ2n) is 4.20. The molecule has 0 N–H and O–H groups in total. The Morgan fingerprint density at radius 1 is 1.06 bits per heavy atom. The molecule has 1 aromatic heterocycles. The summed E-state index contributed by atoms with van der Waals surface area (Å²) >= 11 is 0. The predicted molar refractivity (Wildman–Crippen MR) is 67.7 cm³/mol. The standard InChI is InChI=1S/C15H11NO/c1-10(9-16)11-6-7-15-13(8-11)12-4-2-3-5-14(12)17-15/h2-8,10H,1H3. The summed E-state index contributed by atoms with van der Waals surface area (Å²) in [6.45, 7) is 1.91. The molecule has 2 nitrogen and oxygen atoms in total. The first-order valence-corrected chi connectivity index (χ1v) is 5.60. The van der Waals surface area contributed by atoms with Gasteiger partial charge in [-0.25, -0.2) is 0 Å². The average molecular weight is 221 g/mol. The lowest BCUT2D eigenvalue weighted by molar-refractivity contribution is 0.668. The second-order valence-corrected chi connectivity index (χ2v) is 4.20. The average Bonchev–Trinajstić information content (AvgIpc) is 2.75. The van der Waals surface area contributed by atoms with Crippen molar-refractivity contribution in [1.82, 2.24) is 0 Å². The zero-order chi connectivity index (χ0) is 11.8. The van der Waals surface area contributed by atoms with Gasteiger partial charge in [0.1, 0.15) is 11.2 Å². The van der Waals surface area contributed by atoms with Gasteiger partial charge in [0.15, 0.2) is 0 Å². The van der Waals surface area contributed by atoms with Crippen LogP contribution in [-0.2, 0) is 0 Å². The number of nitriles is 1. The van der Waals surface area contributed by atoms with E-state index in [4.69, 9.17) is 9.68 Å². The van der Waals surface area contributed by atoms with Gasteiger partial charge in [-0.2, -0.15) is 5.26 Å². The summed E-state index contributed by atoms with van der Waals surface area (Å²) in [5, 5.41) is 11.1. The first-order valence-electron chi connectivity index (χ1n) is 5.60. The molecule has 3 rings (SSSR count). The highest BCUT2D eigenvalue weighted by atomic mass is 16.3. The molecule has 3 aromatic rings. The lowest BCUT2D eigenvalue weighted by Gasteiger charge is -2.01. The molecule has 0 bridgehead atoms. The summed E-state index contributed by atoms with van der Waals surface area (Å²) in [7, 11) is 0. The van der Waals surface area contributed by atoms with Crippen LogP contribution in [-0.4, -0.2) is 0 Å². The third-order valence-corrected chi connectivity index (χ3v) is 3.09. The highest BCUT2D eigenvalue weighted by Gasteiger charge is 2.09. The Morgan fingerprint density at radius 3 is 2.65 bits per heavy atom. The normalized spacial score (nSPS) is 12.7. The third kappa shape index (κ3) is 1.48. The molecule has 1 unspecified atom stereocenters. The molecular weight excluding hydrogens is 210 g/mol. The van der Waals surface area contributed by atoms with Crippen LogP contribution in [0, 0.1) is 11.3 Å². The van der Waals surface area contributed by atoms with Crippen LogP contribution in [0.5, 0.6) is 0 Å². The maximum Gasteiger partial charge on any atom is 0.135 e. The molecule has 17 heavy (non-hydrogen) atoms. The monoisotopic (exact) mass is 221 g/mol. The molecule has 1 atom stereocenters. The van der Waals surface area contributed by atoms with Crippen molar-refractivity contribution in [3.63, 3.8) is 0 Å². The maximum absolute atomic E-state index is 8.95. The lowest BCUT2D eigenvalue weighted by atomic mass is 10.0. The fourth-order valence-corrected chi connectivity index (χ4v) is 2.09. The highest BCUT2D eigenvalue weighted by molar-refractivity contribution is 6.05. The van der Waals surface area contributed by atoms with Crippen molar-refractivity contribution in [2.45, 2.75) is 12.8 Å². The first kappa shape index (κ1) is 9.92. The summed E-state index contributed by atoms with van der Waals surface area (Å²) in [5.41, 5.74) is 2.80. The number of hydrogen-bond donors (Lipinski definition) is 0. The summed E-state index contributed by atoms with van der Waals surface area (Å²) in [6.07, 6.45) is 0. The molecule has 1 heterocycles. The molecule has 0 saturated heterocycles. The number of fused-ring (bicyclic) bond motifs is 3. The van der Waals surface area contributed by atoms with Gasteiger partial charge in [0.25, 0.3) is 0 Å². The third-order valence-electron chi connectivity index (χ3n) is 3.09. The largest absolute Gasteiger partial charge is 0.456 e. The molecule has 0 fully saturated rings. The van der Waals surface area contributed by atoms with Gasteiger partial charge in [-0.05, 0) is 30.7 Å².